The number of carbonyl (C=O) groups excluding carboxylic acids is 1. The average molecular weight is 333 g/mol. The Hall–Kier alpha value is -1.65. The van der Waals surface area contributed by atoms with Gasteiger partial charge in [-0.1, -0.05) is 11.6 Å². The van der Waals surface area contributed by atoms with E-state index in [2.05, 4.69) is 10.3 Å². The number of aryl methyl sites for hydroxylation is 1. The Morgan fingerprint density at radius 1 is 1.39 bits per heavy atom. The first-order valence-corrected chi connectivity index (χ1v) is 8.44. The van der Waals surface area contributed by atoms with Crippen molar-refractivity contribution in [1.29, 1.82) is 0 Å². The summed E-state index contributed by atoms with van der Waals surface area (Å²) in [6.07, 6.45) is 3.42. The highest BCUT2D eigenvalue weighted by Crippen LogP contribution is 2.28. The molecular formula is C18H21ClN2O2. The van der Waals surface area contributed by atoms with Crippen LogP contribution in [0.5, 0.6) is 0 Å². The molecular weight excluding hydrogens is 312 g/mol. The van der Waals surface area contributed by atoms with Gasteiger partial charge in [0.1, 0.15) is 0 Å². The fourth-order valence-electron chi connectivity index (χ4n) is 2.48. The molecule has 0 aliphatic heterocycles. The van der Waals surface area contributed by atoms with E-state index in [9.17, 15) is 4.79 Å². The summed E-state index contributed by atoms with van der Waals surface area (Å²) in [5, 5.41) is 4.45. The first-order chi connectivity index (χ1) is 11.1. The molecule has 0 atom stereocenters. The van der Waals surface area contributed by atoms with Crippen LogP contribution in [0, 0.1) is 12.8 Å². The topological polar surface area (TPSA) is 51.2 Å². The van der Waals surface area contributed by atoms with E-state index < -0.39 is 0 Å². The van der Waals surface area contributed by atoms with Crippen molar-refractivity contribution in [2.24, 2.45) is 5.92 Å². The van der Waals surface area contributed by atoms with Gasteiger partial charge in [0.2, 0.25) is 0 Å². The lowest BCUT2D eigenvalue weighted by atomic mass is 10.1. The molecule has 5 heteroatoms. The third-order valence-electron chi connectivity index (χ3n) is 4.01. The maximum Gasteiger partial charge on any atom is 0.253 e. The Kier molecular flexibility index (Phi) is 5.13. The van der Waals surface area contributed by atoms with Crippen molar-refractivity contribution < 1.29 is 9.53 Å². The first-order valence-electron chi connectivity index (χ1n) is 8.06. The van der Waals surface area contributed by atoms with Crippen molar-refractivity contribution in [1.82, 2.24) is 10.3 Å². The van der Waals surface area contributed by atoms with Crippen molar-refractivity contribution in [3.8, 4) is 0 Å². The van der Waals surface area contributed by atoms with Crippen LogP contribution >= 0.6 is 11.6 Å². The van der Waals surface area contributed by atoms with Crippen LogP contribution in [0.3, 0.4) is 0 Å². The summed E-state index contributed by atoms with van der Waals surface area (Å²) in [4.78, 5) is 16.8. The van der Waals surface area contributed by atoms with Crippen LogP contribution in [0.1, 0.15) is 35.3 Å². The molecule has 2 aromatic rings. The number of fused-ring (bicyclic) bond motifs is 1. The number of benzene rings is 1. The predicted octanol–water partition coefficient (Wildman–Crippen LogP) is 3.74. The highest BCUT2D eigenvalue weighted by atomic mass is 35.5. The number of amides is 1. The quantitative estimate of drug-likeness (QED) is 0.786. The lowest BCUT2D eigenvalue weighted by Crippen LogP contribution is -2.26. The molecule has 1 saturated carbocycles. The molecule has 4 nitrogen and oxygen atoms in total. The first kappa shape index (κ1) is 16.2. The SMILES string of the molecule is Cc1nc2ccc(Cl)cc2cc1C(=O)NCCCOCC1CC1. The number of ether oxygens (including phenoxy) is 1. The lowest BCUT2D eigenvalue weighted by Gasteiger charge is -2.09. The maximum absolute atomic E-state index is 12.3. The van der Waals surface area contributed by atoms with Gasteiger partial charge in [0.05, 0.1) is 16.8 Å². The second-order valence-electron chi connectivity index (χ2n) is 6.09. The van der Waals surface area contributed by atoms with Crippen LogP contribution < -0.4 is 5.32 Å². The summed E-state index contributed by atoms with van der Waals surface area (Å²) in [6, 6.07) is 7.34. The molecule has 0 radical (unpaired) electrons. The number of aromatic nitrogens is 1. The molecule has 1 amide bonds. The van der Waals surface area contributed by atoms with E-state index >= 15 is 0 Å². The van der Waals surface area contributed by atoms with Gasteiger partial charge < -0.3 is 10.1 Å². The van der Waals surface area contributed by atoms with Gasteiger partial charge in [-0.2, -0.15) is 0 Å². The Labute approximate surface area is 141 Å². The minimum atomic E-state index is -0.0981. The van der Waals surface area contributed by atoms with Crippen molar-refractivity contribution in [2.45, 2.75) is 26.2 Å². The molecule has 1 aliphatic carbocycles. The summed E-state index contributed by atoms with van der Waals surface area (Å²) in [5.74, 6) is 0.682. The van der Waals surface area contributed by atoms with Crippen molar-refractivity contribution in [2.75, 3.05) is 19.8 Å². The fourth-order valence-corrected chi connectivity index (χ4v) is 2.66. The lowest BCUT2D eigenvalue weighted by molar-refractivity contribution is 0.0936. The van der Waals surface area contributed by atoms with E-state index in [4.69, 9.17) is 16.3 Å². The number of halogens is 1. The smallest absolute Gasteiger partial charge is 0.253 e. The average Bonchev–Trinajstić information content (AvgIpc) is 3.34. The minimum Gasteiger partial charge on any atom is -0.381 e. The molecule has 1 fully saturated rings. The van der Waals surface area contributed by atoms with Crippen LogP contribution in [-0.2, 0) is 4.74 Å². The van der Waals surface area contributed by atoms with Crippen LogP contribution in [0.2, 0.25) is 5.02 Å². The Balaban J connectivity index is 1.55. The van der Waals surface area contributed by atoms with E-state index in [-0.39, 0.29) is 5.91 Å². The van der Waals surface area contributed by atoms with Gasteiger partial charge in [0, 0.05) is 30.2 Å². The van der Waals surface area contributed by atoms with E-state index in [1.807, 2.05) is 25.1 Å². The molecule has 1 aromatic heterocycles. The monoisotopic (exact) mass is 332 g/mol. The Bertz CT molecular complexity index is 713. The predicted molar refractivity (Wildman–Crippen MR) is 92.0 cm³/mol. The second-order valence-corrected chi connectivity index (χ2v) is 6.52. The minimum absolute atomic E-state index is 0.0981. The summed E-state index contributed by atoms with van der Waals surface area (Å²) >= 11 is 6.01. The molecule has 1 N–H and O–H groups in total. The van der Waals surface area contributed by atoms with Crippen LogP contribution in [0.15, 0.2) is 24.3 Å². The van der Waals surface area contributed by atoms with Crippen LogP contribution in [-0.4, -0.2) is 30.6 Å². The second kappa shape index (κ2) is 7.28. The summed E-state index contributed by atoms with van der Waals surface area (Å²) in [5.41, 5.74) is 2.16. The zero-order chi connectivity index (χ0) is 16.2. The molecule has 1 aromatic carbocycles. The highest BCUT2D eigenvalue weighted by Gasteiger charge is 2.20. The van der Waals surface area contributed by atoms with Crippen LogP contribution in [0.4, 0.5) is 0 Å². The number of nitrogens with zero attached hydrogens (tertiary/aromatic N) is 1. The van der Waals surface area contributed by atoms with Gasteiger partial charge in [-0.05, 0) is 56.4 Å². The van der Waals surface area contributed by atoms with E-state index in [1.165, 1.54) is 12.8 Å². The van der Waals surface area contributed by atoms with Gasteiger partial charge >= 0.3 is 0 Å². The molecule has 23 heavy (non-hydrogen) atoms. The Morgan fingerprint density at radius 2 is 2.22 bits per heavy atom. The molecule has 0 spiro atoms. The summed E-state index contributed by atoms with van der Waals surface area (Å²) in [6.45, 7) is 4.02. The number of nitrogens with one attached hydrogen (secondary N) is 1. The van der Waals surface area contributed by atoms with E-state index in [1.54, 1.807) is 6.07 Å². The molecule has 122 valence electrons. The zero-order valence-corrected chi connectivity index (χ0v) is 14.0. The van der Waals surface area contributed by atoms with Crippen molar-refractivity contribution >= 4 is 28.4 Å². The van der Waals surface area contributed by atoms with Gasteiger partial charge in [0.15, 0.2) is 0 Å². The van der Waals surface area contributed by atoms with Gasteiger partial charge in [-0.15, -0.1) is 0 Å². The third-order valence-corrected chi connectivity index (χ3v) is 4.25. The molecule has 0 unspecified atom stereocenters. The molecule has 1 heterocycles. The number of hydrogen-bond donors (Lipinski definition) is 1. The van der Waals surface area contributed by atoms with Crippen molar-refractivity contribution in [3.63, 3.8) is 0 Å². The van der Waals surface area contributed by atoms with Gasteiger partial charge in [0.25, 0.3) is 5.91 Å². The third kappa shape index (κ3) is 4.43. The van der Waals surface area contributed by atoms with E-state index in [0.717, 1.165) is 35.5 Å². The number of pyridine rings is 1. The van der Waals surface area contributed by atoms with Gasteiger partial charge in [-0.25, -0.2) is 0 Å². The maximum atomic E-state index is 12.3. The Morgan fingerprint density at radius 3 is 3.00 bits per heavy atom. The van der Waals surface area contributed by atoms with E-state index in [0.29, 0.717) is 23.7 Å². The molecule has 0 saturated heterocycles. The molecule has 0 bridgehead atoms. The standard InChI is InChI=1S/C18H21ClN2O2/c1-12-16(10-14-9-15(19)5-6-17(14)21-12)18(22)20-7-2-8-23-11-13-3-4-13/h5-6,9-10,13H,2-4,7-8,11H2,1H3,(H,20,22). The van der Waals surface area contributed by atoms with Gasteiger partial charge in [-0.3, -0.25) is 9.78 Å². The molecule has 3 rings (SSSR count). The number of rotatable bonds is 7. The number of hydrogen-bond acceptors (Lipinski definition) is 3. The summed E-state index contributed by atoms with van der Waals surface area (Å²) in [7, 11) is 0. The molecule has 1 aliphatic rings. The van der Waals surface area contributed by atoms with Crippen molar-refractivity contribution in [3.05, 3.63) is 40.5 Å². The van der Waals surface area contributed by atoms with Crippen LogP contribution in [0.25, 0.3) is 10.9 Å². The number of carbonyl (C=O) groups is 1. The highest BCUT2D eigenvalue weighted by molar-refractivity contribution is 6.31. The fraction of sp³-hybridized carbons (Fsp3) is 0.444. The largest absolute Gasteiger partial charge is 0.381 e. The summed E-state index contributed by atoms with van der Waals surface area (Å²) < 4.78 is 5.56. The normalized spacial score (nSPS) is 14.2. The zero-order valence-electron chi connectivity index (χ0n) is 13.3.